The number of methoxy groups -OCH3 is 1. The van der Waals surface area contributed by atoms with Gasteiger partial charge < -0.3 is 15.4 Å². The van der Waals surface area contributed by atoms with Crippen molar-refractivity contribution < 1.29 is 4.74 Å². The lowest BCUT2D eigenvalue weighted by atomic mass is 10.2. The van der Waals surface area contributed by atoms with Crippen molar-refractivity contribution in [2.75, 3.05) is 24.3 Å². The molecule has 6 nitrogen and oxygen atoms in total. The van der Waals surface area contributed by atoms with Crippen molar-refractivity contribution >= 4 is 17.6 Å². The van der Waals surface area contributed by atoms with E-state index < -0.39 is 0 Å². The Kier molecular flexibility index (Phi) is 3.79. The molecule has 6 heteroatoms. The van der Waals surface area contributed by atoms with E-state index in [1.165, 1.54) is 12.7 Å². The summed E-state index contributed by atoms with van der Waals surface area (Å²) >= 11 is 0. The predicted octanol–water partition coefficient (Wildman–Crippen LogP) is 1.93. The fourth-order valence-corrected chi connectivity index (χ4v) is 1.81. The summed E-state index contributed by atoms with van der Waals surface area (Å²) in [5.41, 5.74) is 7.85. The molecule has 0 amide bonds. The average molecular weight is 259 g/mol. The molecule has 0 aliphatic heterocycles. The average Bonchev–Trinajstić information content (AvgIpc) is 2.39. The normalized spacial score (nSPS) is 10.3. The van der Waals surface area contributed by atoms with E-state index in [-0.39, 0.29) is 12.0 Å². The molecule has 0 bridgehead atoms. The van der Waals surface area contributed by atoms with Crippen molar-refractivity contribution in [3.05, 3.63) is 29.8 Å². The van der Waals surface area contributed by atoms with Crippen molar-refractivity contribution in [1.29, 1.82) is 0 Å². The lowest BCUT2D eigenvalue weighted by Gasteiger charge is -2.21. The highest BCUT2D eigenvalue weighted by atomic mass is 16.5. The van der Waals surface area contributed by atoms with Crippen molar-refractivity contribution in [2.45, 2.75) is 13.8 Å². The minimum absolute atomic E-state index is 0.146. The molecule has 0 spiro atoms. The van der Waals surface area contributed by atoms with Crippen LogP contribution in [-0.4, -0.2) is 28.6 Å². The molecular formula is C13H17N5O. The molecule has 2 rings (SSSR count). The van der Waals surface area contributed by atoms with Gasteiger partial charge in [0.2, 0.25) is 11.9 Å². The number of nitrogens with zero attached hydrogens (tertiary/aromatic N) is 4. The van der Waals surface area contributed by atoms with E-state index >= 15 is 0 Å². The molecular weight excluding hydrogens is 242 g/mol. The SMILES string of the molecule is CCN(c1cccc(C)c1)c1nc(N)nc(OC)n1. The maximum Gasteiger partial charge on any atom is 0.322 e. The van der Waals surface area contributed by atoms with Gasteiger partial charge in [-0.15, -0.1) is 0 Å². The van der Waals surface area contributed by atoms with Crippen molar-refractivity contribution in [1.82, 2.24) is 15.0 Å². The first-order valence-electron chi connectivity index (χ1n) is 6.03. The summed E-state index contributed by atoms with van der Waals surface area (Å²) in [6, 6.07) is 8.32. The van der Waals surface area contributed by atoms with Gasteiger partial charge in [0.1, 0.15) is 0 Å². The second kappa shape index (κ2) is 5.51. The molecule has 19 heavy (non-hydrogen) atoms. The van der Waals surface area contributed by atoms with E-state index in [0.29, 0.717) is 5.95 Å². The van der Waals surface area contributed by atoms with Crippen LogP contribution in [0.3, 0.4) is 0 Å². The van der Waals surface area contributed by atoms with Crippen molar-refractivity contribution in [2.24, 2.45) is 0 Å². The maximum atomic E-state index is 5.67. The van der Waals surface area contributed by atoms with Gasteiger partial charge in [-0.25, -0.2) is 0 Å². The smallest absolute Gasteiger partial charge is 0.322 e. The number of nitrogen functional groups attached to an aromatic ring is 1. The van der Waals surface area contributed by atoms with E-state index in [1.807, 2.05) is 36.9 Å². The van der Waals surface area contributed by atoms with Gasteiger partial charge in [0, 0.05) is 12.2 Å². The zero-order valence-electron chi connectivity index (χ0n) is 11.3. The number of nitrogens with two attached hydrogens (primary N) is 1. The van der Waals surface area contributed by atoms with Gasteiger partial charge in [-0.2, -0.15) is 15.0 Å². The van der Waals surface area contributed by atoms with Crippen LogP contribution in [-0.2, 0) is 0 Å². The summed E-state index contributed by atoms with van der Waals surface area (Å²) in [5.74, 6) is 0.630. The van der Waals surface area contributed by atoms with Crippen LogP contribution in [0.1, 0.15) is 12.5 Å². The lowest BCUT2D eigenvalue weighted by molar-refractivity contribution is 0.379. The number of benzene rings is 1. The largest absolute Gasteiger partial charge is 0.467 e. The number of anilines is 3. The Labute approximate surface area is 112 Å². The Balaban J connectivity index is 2.44. The van der Waals surface area contributed by atoms with E-state index in [4.69, 9.17) is 10.5 Å². The number of ether oxygens (including phenoxy) is 1. The zero-order valence-corrected chi connectivity index (χ0v) is 11.3. The number of hydrogen-bond acceptors (Lipinski definition) is 6. The molecule has 0 saturated carbocycles. The third-order valence-corrected chi connectivity index (χ3v) is 2.67. The second-order valence-electron chi connectivity index (χ2n) is 4.06. The first-order valence-corrected chi connectivity index (χ1v) is 6.03. The van der Waals surface area contributed by atoms with Crippen LogP contribution in [0.15, 0.2) is 24.3 Å². The summed E-state index contributed by atoms with van der Waals surface area (Å²) in [4.78, 5) is 14.2. The van der Waals surface area contributed by atoms with Crippen LogP contribution in [0, 0.1) is 6.92 Å². The topological polar surface area (TPSA) is 77.2 Å². The fourth-order valence-electron chi connectivity index (χ4n) is 1.81. The first kappa shape index (κ1) is 13.1. The van der Waals surface area contributed by atoms with Crippen molar-refractivity contribution in [3.8, 4) is 6.01 Å². The predicted molar refractivity (Wildman–Crippen MR) is 74.7 cm³/mol. The van der Waals surface area contributed by atoms with Crippen LogP contribution >= 0.6 is 0 Å². The molecule has 0 radical (unpaired) electrons. The second-order valence-corrected chi connectivity index (χ2v) is 4.06. The minimum atomic E-state index is 0.146. The molecule has 0 aliphatic rings. The molecule has 1 aromatic carbocycles. The number of hydrogen-bond donors (Lipinski definition) is 1. The Morgan fingerprint density at radius 3 is 2.68 bits per heavy atom. The highest BCUT2D eigenvalue weighted by Crippen LogP contribution is 2.24. The lowest BCUT2D eigenvalue weighted by Crippen LogP contribution is -2.20. The van der Waals surface area contributed by atoms with Crippen LogP contribution in [0.25, 0.3) is 0 Å². The van der Waals surface area contributed by atoms with Gasteiger partial charge in [-0.05, 0) is 31.5 Å². The van der Waals surface area contributed by atoms with Gasteiger partial charge in [0.25, 0.3) is 0 Å². The van der Waals surface area contributed by atoms with Gasteiger partial charge in [0.15, 0.2) is 0 Å². The van der Waals surface area contributed by atoms with Crippen LogP contribution in [0.5, 0.6) is 6.01 Å². The van der Waals surface area contributed by atoms with Crippen LogP contribution in [0.4, 0.5) is 17.6 Å². The molecule has 1 aromatic heterocycles. The summed E-state index contributed by atoms with van der Waals surface area (Å²) in [6.45, 7) is 4.78. The van der Waals surface area contributed by atoms with Gasteiger partial charge in [0.05, 0.1) is 7.11 Å². The van der Waals surface area contributed by atoms with Gasteiger partial charge in [-0.1, -0.05) is 12.1 Å². The highest BCUT2D eigenvalue weighted by Gasteiger charge is 2.13. The Morgan fingerprint density at radius 1 is 1.26 bits per heavy atom. The molecule has 2 aromatic rings. The molecule has 0 atom stereocenters. The summed E-state index contributed by atoms with van der Waals surface area (Å²) in [7, 11) is 1.50. The van der Waals surface area contributed by atoms with E-state index in [2.05, 4.69) is 21.0 Å². The molecule has 1 heterocycles. The van der Waals surface area contributed by atoms with Crippen molar-refractivity contribution in [3.63, 3.8) is 0 Å². The minimum Gasteiger partial charge on any atom is -0.467 e. The van der Waals surface area contributed by atoms with Crippen LogP contribution < -0.4 is 15.4 Å². The molecule has 100 valence electrons. The number of rotatable bonds is 4. The van der Waals surface area contributed by atoms with Gasteiger partial charge in [-0.3, -0.25) is 0 Å². The standard InChI is InChI=1S/C13H17N5O/c1-4-18(10-7-5-6-9(2)8-10)12-15-11(14)16-13(17-12)19-3/h5-8H,4H2,1-3H3,(H2,14,15,16,17). The summed E-state index contributed by atoms with van der Waals surface area (Å²) in [6.07, 6.45) is 0. The van der Waals surface area contributed by atoms with E-state index in [1.54, 1.807) is 0 Å². The first-order chi connectivity index (χ1) is 9.13. The number of aryl methyl sites for hydroxylation is 1. The zero-order chi connectivity index (χ0) is 13.8. The Morgan fingerprint density at radius 2 is 2.05 bits per heavy atom. The monoisotopic (exact) mass is 259 g/mol. The highest BCUT2D eigenvalue weighted by molar-refractivity contribution is 5.58. The quantitative estimate of drug-likeness (QED) is 0.904. The van der Waals surface area contributed by atoms with Crippen LogP contribution in [0.2, 0.25) is 0 Å². The molecule has 0 aliphatic carbocycles. The fraction of sp³-hybridized carbons (Fsp3) is 0.308. The molecule has 2 N–H and O–H groups in total. The summed E-state index contributed by atoms with van der Waals surface area (Å²) < 4.78 is 5.02. The third kappa shape index (κ3) is 2.90. The maximum absolute atomic E-state index is 5.67. The molecule has 0 fully saturated rings. The van der Waals surface area contributed by atoms with E-state index in [9.17, 15) is 0 Å². The van der Waals surface area contributed by atoms with E-state index in [0.717, 1.165) is 12.2 Å². The Bertz CT molecular complexity index is 573. The third-order valence-electron chi connectivity index (χ3n) is 2.67. The molecule has 0 saturated heterocycles. The summed E-state index contributed by atoms with van der Waals surface area (Å²) in [5, 5.41) is 0. The molecule has 0 unspecified atom stereocenters. The van der Waals surface area contributed by atoms with Gasteiger partial charge >= 0.3 is 6.01 Å². The number of aromatic nitrogens is 3. The Hall–Kier alpha value is -2.37.